The van der Waals surface area contributed by atoms with E-state index < -0.39 is 23.5 Å². The number of rotatable bonds is 3. The maximum absolute atomic E-state index is 13.8. The number of pyridine rings is 1. The van der Waals surface area contributed by atoms with Crippen LogP contribution in [-0.4, -0.2) is 40.0 Å². The van der Waals surface area contributed by atoms with Crippen molar-refractivity contribution >= 4 is 44.1 Å². The van der Waals surface area contributed by atoms with Crippen LogP contribution < -0.4 is 14.4 Å². The van der Waals surface area contributed by atoms with Crippen molar-refractivity contribution in [2.45, 2.75) is 6.04 Å². The van der Waals surface area contributed by atoms with Gasteiger partial charge < -0.3 is 14.6 Å². The van der Waals surface area contributed by atoms with Gasteiger partial charge in [-0.3, -0.25) is 19.5 Å². The van der Waals surface area contributed by atoms with Crippen LogP contribution in [0.3, 0.4) is 0 Å². The van der Waals surface area contributed by atoms with Crippen molar-refractivity contribution in [2.24, 2.45) is 0 Å². The van der Waals surface area contributed by atoms with E-state index in [1.807, 2.05) is 0 Å². The fraction of sp³-hybridized carbons (Fsp3) is 0.120. The van der Waals surface area contributed by atoms with E-state index in [9.17, 15) is 19.1 Å². The number of Topliss-reactive ketones (excluding diaryl/α,β-unsaturated/α-hetero) is 1. The molecule has 1 fully saturated rings. The van der Waals surface area contributed by atoms with E-state index in [-0.39, 0.29) is 16.5 Å². The van der Waals surface area contributed by atoms with Crippen molar-refractivity contribution in [3.8, 4) is 11.5 Å². The Morgan fingerprint density at radius 1 is 1.09 bits per heavy atom. The molecule has 2 aromatic heterocycles. The van der Waals surface area contributed by atoms with Gasteiger partial charge in [0, 0.05) is 18.0 Å². The molecule has 1 amide bonds. The second-order valence-electron chi connectivity index (χ2n) is 7.92. The molecule has 35 heavy (non-hydrogen) atoms. The van der Waals surface area contributed by atoms with Crippen molar-refractivity contribution in [1.82, 2.24) is 9.97 Å². The Labute approximate surface area is 201 Å². The molecular formula is C25H16FN3O5S. The summed E-state index contributed by atoms with van der Waals surface area (Å²) in [6.07, 6.45) is 3.09. The molecule has 0 radical (unpaired) electrons. The molecule has 0 aliphatic carbocycles. The smallest absolute Gasteiger partial charge is 0.301 e. The molecule has 4 aromatic rings. The minimum absolute atomic E-state index is 0.106. The van der Waals surface area contributed by atoms with Crippen LogP contribution in [0.25, 0.3) is 16.0 Å². The number of aliphatic hydroxyl groups is 1. The minimum Gasteiger partial charge on any atom is -0.507 e. The number of aromatic nitrogens is 2. The largest absolute Gasteiger partial charge is 0.507 e. The molecule has 1 N–H and O–H groups in total. The van der Waals surface area contributed by atoms with E-state index in [2.05, 4.69) is 9.97 Å². The van der Waals surface area contributed by atoms with E-state index in [4.69, 9.17) is 9.47 Å². The summed E-state index contributed by atoms with van der Waals surface area (Å²) in [6.45, 7) is 0.770. The van der Waals surface area contributed by atoms with Gasteiger partial charge in [-0.2, -0.15) is 0 Å². The molecule has 8 nitrogen and oxygen atoms in total. The Morgan fingerprint density at radius 3 is 2.71 bits per heavy atom. The third-order valence-electron chi connectivity index (χ3n) is 5.81. The lowest BCUT2D eigenvalue weighted by Gasteiger charge is -2.23. The number of halogens is 1. The number of anilines is 1. The Hall–Kier alpha value is -4.31. The van der Waals surface area contributed by atoms with Crippen LogP contribution in [0.4, 0.5) is 9.52 Å². The summed E-state index contributed by atoms with van der Waals surface area (Å²) in [4.78, 5) is 36.4. The second-order valence-corrected chi connectivity index (χ2v) is 8.93. The molecule has 174 valence electrons. The third-order valence-corrected chi connectivity index (χ3v) is 6.82. The Morgan fingerprint density at radius 2 is 1.91 bits per heavy atom. The third kappa shape index (κ3) is 3.50. The number of nitrogens with zero attached hydrogens (tertiary/aromatic N) is 3. The summed E-state index contributed by atoms with van der Waals surface area (Å²) in [7, 11) is 0. The van der Waals surface area contributed by atoms with Gasteiger partial charge in [0.05, 0.1) is 21.8 Å². The second kappa shape index (κ2) is 8.17. The molecule has 2 aliphatic rings. The number of ketones is 1. The summed E-state index contributed by atoms with van der Waals surface area (Å²) in [6, 6.07) is 11.3. The minimum atomic E-state index is -0.984. The molecule has 0 spiro atoms. The van der Waals surface area contributed by atoms with Crippen molar-refractivity contribution in [2.75, 3.05) is 18.1 Å². The average molecular weight is 489 g/mol. The predicted octanol–water partition coefficient (Wildman–Crippen LogP) is 4.23. The van der Waals surface area contributed by atoms with E-state index in [1.54, 1.807) is 36.5 Å². The highest BCUT2D eigenvalue weighted by molar-refractivity contribution is 7.22. The predicted molar refractivity (Wildman–Crippen MR) is 126 cm³/mol. The molecule has 1 saturated heterocycles. The van der Waals surface area contributed by atoms with E-state index in [0.717, 1.165) is 11.3 Å². The van der Waals surface area contributed by atoms with Gasteiger partial charge in [-0.15, -0.1) is 0 Å². The quantitative estimate of drug-likeness (QED) is 0.261. The number of benzene rings is 2. The maximum Gasteiger partial charge on any atom is 0.301 e. The van der Waals surface area contributed by atoms with Crippen LogP contribution in [0.2, 0.25) is 0 Å². The van der Waals surface area contributed by atoms with Gasteiger partial charge >= 0.3 is 5.91 Å². The molecule has 10 heteroatoms. The highest BCUT2D eigenvalue weighted by Gasteiger charge is 2.48. The zero-order valence-electron chi connectivity index (χ0n) is 18.0. The molecule has 2 aromatic carbocycles. The SMILES string of the molecule is O=C1C(=O)N(c2nc3ccc(F)cc3s2)C(c2cccnc2)/C1=C(/O)c1ccc2c(c1)OCCO2. The van der Waals surface area contributed by atoms with Crippen LogP contribution in [0, 0.1) is 5.82 Å². The van der Waals surface area contributed by atoms with Gasteiger partial charge in [-0.05, 0) is 48.0 Å². The van der Waals surface area contributed by atoms with Crippen molar-refractivity contribution < 1.29 is 28.6 Å². The van der Waals surface area contributed by atoms with Gasteiger partial charge in [0.2, 0.25) is 0 Å². The maximum atomic E-state index is 13.8. The van der Waals surface area contributed by atoms with E-state index >= 15 is 0 Å². The number of carbonyl (C=O) groups excluding carboxylic acids is 2. The Balaban J connectivity index is 1.53. The molecule has 1 atom stereocenters. The van der Waals surface area contributed by atoms with Crippen LogP contribution in [0.1, 0.15) is 17.2 Å². The molecule has 0 saturated carbocycles. The average Bonchev–Trinajstić information content (AvgIpc) is 3.41. The van der Waals surface area contributed by atoms with Crippen molar-refractivity contribution in [3.05, 3.63) is 83.4 Å². The van der Waals surface area contributed by atoms with Gasteiger partial charge in [0.15, 0.2) is 16.6 Å². The fourth-order valence-corrected chi connectivity index (χ4v) is 5.24. The van der Waals surface area contributed by atoms with Gasteiger partial charge in [0.1, 0.15) is 24.8 Å². The Kier molecular flexibility index (Phi) is 4.96. The zero-order chi connectivity index (χ0) is 24.1. The lowest BCUT2D eigenvalue weighted by molar-refractivity contribution is -0.132. The van der Waals surface area contributed by atoms with Crippen molar-refractivity contribution in [1.29, 1.82) is 0 Å². The molecule has 0 bridgehead atoms. The van der Waals surface area contributed by atoms with Crippen LogP contribution in [-0.2, 0) is 9.59 Å². The van der Waals surface area contributed by atoms with Crippen LogP contribution >= 0.6 is 11.3 Å². The molecule has 1 unspecified atom stereocenters. The summed E-state index contributed by atoms with van der Waals surface area (Å²) in [5.74, 6) is -1.55. The lowest BCUT2D eigenvalue weighted by Crippen LogP contribution is -2.29. The zero-order valence-corrected chi connectivity index (χ0v) is 18.8. The first-order valence-electron chi connectivity index (χ1n) is 10.7. The number of aliphatic hydroxyl groups excluding tert-OH is 1. The fourth-order valence-electron chi connectivity index (χ4n) is 4.22. The highest BCUT2D eigenvalue weighted by atomic mass is 32.1. The molecular weight excluding hydrogens is 473 g/mol. The number of thiazole rings is 1. The number of amides is 1. The first kappa shape index (κ1) is 21.2. The normalized spacial score (nSPS) is 18.9. The first-order valence-corrected chi connectivity index (χ1v) is 11.5. The van der Waals surface area contributed by atoms with Crippen LogP contribution in [0.15, 0.2) is 66.5 Å². The summed E-state index contributed by atoms with van der Waals surface area (Å²) >= 11 is 1.08. The van der Waals surface area contributed by atoms with Crippen molar-refractivity contribution in [3.63, 3.8) is 0 Å². The molecule has 6 rings (SSSR count). The summed E-state index contributed by atoms with van der Waals surface area (Å²) < 4.78 is 25.4. The van der Waals surface area contributed by atoms with Gasteiger partial charge in [0.25, 0.3) is 5.78 Å². The van der Waals surface area contributed by atoms with E-state index in [1.165, 1.54) is 29.3 Å². The van der Waals surface area contributed by atoms with Gasteiger partial charge in [-0.25, -0.2) is 9.37 Å². The molecule has 4 heterocycles. The van der Waals surface area contributed by atoms with E-state index in [0.29, 0.717) is 46.1 Å². The van der Waals surface area contributed by atoms with Gasteiger partial charge in [-0.1, -0.05) is 17.4 Å². The Bertz CT molecular complexity index is 1530. The monoisotopic (exact) mass is 489 g/mol. The topological polar surface area (TPSA) is 102 Å². The summed E-state index contributed by atoms with van der Waals surface area (Å²) in [5.41, 5.74) is 1.19. The van der Waals surface area contributed by atoms with Crippen LogP contribution in [0.5, 0.6) is 11.5 Å². The number of hydrogen-bond donors (Lipinski definition) is 1. The number of ether oxygens (including phenoxy) is 2. The standard InChI is InChI=1S/C25H16FN3O5S/c26-15-4-5-16-19(11-15)35-25(28-16)29-21(14-2-1-7-27-12-14)20(23(31)24(29)32)22(30)13-3-6-17-18(10-13)34-9-8-33-17/h1-7,10-12,21,30H,8-9H2/b22-20-. The summed E-state index contributed by atoms with van der Waals surface area (Å²) in [5, 5.41) is 11.5. The lowest BCUT2D eigenvalue weighted by atomic mass is 9.96. The number of fused-ring (bicyclic) bond motifs is 2. The highest BCUT2D eigenvalue weighted by Crippen LogP contribution is 2.44. The number of hydrogen-bond acceptors (Lipinski definition) is 8. The molecule has 2 aliphatic heterocycles. The number of carbonyl (C=O) groups is 2. The first-order chi connectivity index (χ1) is 17.0.